The van der Waals surface area contributed by atoms with Crippen molar-refractivity contribution in [1.82, 2.24) is 0 Å². The monoisotopic (exact) mass is 670 g/mol. The van der Waals surface area contributed by atoms with Gasteiger partial charge in [0, 0.05) is 53.4 Å². The van der Waals surface area contributed by atoms with Gasteiger partial charge in [-0.1, -0.05) is 5.56 Å². The Balaban J connectivity index is 0.00000139. The largest absolute Gasteiger partial charge is 0.483 e. The van der Waals surface area contributed by atoms with Crippen molar-refractivity contribution in [2.45, 2.75) is 0 Å². The number of carbonyl (C=O) groups is 2. The van der Waals surface area contributed by atoms with Crippen LogP contribution in [0.15, 0.2) is 72.8 Å². The second kappa shape index (κ2) is 12.5. The molecule has 3 aromatic carbocycles. The van der Waals surface area contributed by atoms with E-state index in [0.29, 0.717) is 16.9 Å². The Kier molecular flexibility index (Phi) is 11.6. The Bertz CT molecular complexity index is 745. The third kappa shape index (κ3) is 6.90. The Morgan fingerprint density at radius 3 is 1.60 bits per heavy atom. The molecule has 0 aliphatic heterocycles. The molecule has 0 fully saturated rings. The summed E-state index contributed by atoms with van der Waals surface area (Å²) in [5, 5.41) is 0. The summed E-state index contributed by atoms with van der Waals surface area (Å²) in [6, 6.07) is 27.2. The van der Waals surface area contributed by atoms with Crippen LogP contribution >= 0.6 is 0 Å². The topological polar surface area (TPSA) is 43.4 Å². The molecule has 3 nitrogen and oxygen atoms in total. The Morgan fingerprint density at radius 2 is 1.08 bits per heavy atom. The quantitative estimate of drug-likeness (QED) is 0.310. The van der Waals surface area contributed by atoms with Crippen molar-refractivity contribution in [2.24, 2.45) is 0 Å². The van der Waals surface area contributed by atoms with Crippen LogP contribution in [0, 0.1) is 12.1 Å². The first-order valence-electron chi connectivity index (χ1n) is 6.87. The Labute approximate surface area is 175 Å². The van der Waals surface area contributed by atoms with E-state index in [-0.39, 0.29) is 47.9 Å². The minimum absolute atomic E-state index is 0. The Morgan fingerprint density at radius 1 is 0.680 bits per heavy atom. The fourth-order valence-corrected chi connectivity index (χ4v) is 1.96. The smallest absolute Gasteiger partial charge is 0.169 e. The van der Waals surface area contributed by atoms with Gasteiger partial charge in [0.2, 0.25) is 0 Å². The number of rotatable bonds is 4. The Hall–Kier alpha value is -1.82. The number of ether oxygens (including phenoxy) is 1. The SMILES string of the molecule is C=O.O=C(c1cc[c-]cc1)c1ccc(Oc2cc[c-]cc2)cc1.[W].[W]. The van der Waals surface area contributed by atoms with Gasteiger partial charge in [-0.2, -0.15) is 48.5 Å². The van der Waals surface area contributed by atoms with Crippen molar-refractivity contribution < 1.29 is 56.5 Å². The van der Waals surface area contributed by atoms with Crippen molar-refractivity contribution in [3.8, 4) is 11.5 Å². The summed E-state index contributed by atoms with van der Waals surface area (Å²) in [4.78, 5) is 20.3. The summed E-state index contributed by atoms with van der Waals surface area (Å²) in [7, 11) is 0. The van der Waals surface area contributed by atoms with Crippen LogP contribution in [0.5, 0.6) is 11.5 Å². The van der Waals surface area contributed by atoms with Gasteiger partial charge in [0.15, 0.2) is 5.78 Å². The van der Waals surface area contributed by atoms with E-state index in [9.17, 15) is 4.79 Å². The molecule has 0 saturated carbocycles. The fourth-order valence-electron chi connectivity index (χ4n) is 1.96. The number of hydrogen-bond acceptors (Lipinski definition) is 3. The van der Waals surface area contributed by atoms with Gasteiger partial charge in [-0.15, -0.1) is 12.1 Å². The maximum absolute atomic E-state index is 12.3. The minimum atomic E-state index is -0.00939. The molecule has 126 valence electrons. The molecule has 0 unspecified atom stereocenters. The summed E-state index contributed by atoms with van der Waals surface area (Å²) >= 11 is 0. The van der Waals surface area contributed by atoms with Crippen LogP contribution in [-0.4, -0.2) is 12.6 Å². The van der Waals surface area contributed by atoms with Crippen LogP contribution < -0.4 is 4.74 Å². The number of benzene rings is 3. The van der Waals surface area contributed by atoms with E-state index in [4.69, 9.17) is 9.53 Å². The van der Waals surface area contributed by atoms with Gasteiger partial charge in [-0.3, -0.25) is 4.79 Å². The van der Waals surface area contributed by atoms with E-state index in [1.807, 2.05) is 18.9 Å². The zero-order valence-electron chi connectivity index (χ0n) is 13.2. The maximum Gasteiger partial charge on any atom is 0.169 e. The van der Waals surface area contributed by atoms with Gasteiger partial charge in [0.1, 0.15) is 12.5 Å². The summed E-state index contributed by atoms with van der Waals surface area (Å²) < 4.78 is 5.68. The van der Waals surface area contributed by atoms with Crippen LogP contribution in [0.25, 0.3) is 0 Å². The summed E-state index contributed by atoms with van der Waals surface area (Å²) in [6.45, 7) is 2.00. The van der Waals surface area contributed by atoms with Crippen molar-refractivity contribution in [1.29, 1.82) is 0 Å². The van der Waals surface area contributed by atoms with E-state index >= 15 is 0 Å². The molecule has 3 rings (SSSR count). The van der Waals surface area contributed by atoms with Crippen LogP contribution in [0.2, 0.25) is 0 Å². The fraction of sp³-hybridized carbons (Fsp3) is 0. The predicted octanol–water partition coefficient (Wildman–Crippen LogP) is 4.12. The molecule has 5 heteroatoms. The molecule has 0 atom stereocenters. The standard InChI is InChI=1S/C19H12O2.CH2O.2W/c20-19(15-7-3-1-4-8-15)16-11-13-18(14-12-16)21-17-9-5-2-6-10-17;1-2;;/h3-14H;1H2;;/q-2;;;. The molecule has 0 N–H and O–H groups in total. The third-order valence-electron chi connectivity index (χ3n) is 3.02. The molecule has 0 saturated heterocycles. The number of carbonyl (C=O) groups excluding carboxylic acids is 2. The molecule has 0 heterocycles. The summed E-state index contributed by atoms with van der Waals surface area (Å²) in [6.07, 6.45) is 0. The first kappa shape index (κ1) is 23.2. The minimum Gasteiger partial charge on any atom is -0.483 e. The van der Waals surface area contributed by atoms with Gasteiger partial charge in [-0.25, -0.2) is 0 Å². The van der Waals surface area contributed by atoms with Gasteiger partial charge in [0.05, 0.1) is 0 Å². The van der Waals surface area contributed by atoms with E-state index in [1.54, 1.807) is 60.7 Å². The summed E-state index contributed by atoms with van der Waals surface area (Å²) in [5.74, 6) is 1.43. The summed E-state index contributed by atoms with van der Waals surface area (Å²) in [5.41, 5.74) is 1.29. The predicted molar refractivity (Wildman–Crippen MR) is 87.6 cm³/mol. The van der Waals surface area contributed by atoms with Crippen LogP contribution in [-0.2, 0) is 46.9 Å². The average molecular weight is 670 g/mol. The van der Waals surface area contributed by atoms with Crippen LogP contribution in [0.4, 0.5) is 0 Å². The molecule has 0 aliphatic rings. The number of ketones is 1. The third-order valence-corrected chi connectivity index (χ3v) is 3.02. The van der Waals surface area contributed by atoms with Crippen molar-refractivity contribution >= 4 is 12.6 Å². The molecule has 0 radical (unpaired) electrons. The first-order chi connectivity index (χ1) is 11.3. The molecule has 0 spiro atoms. The molecule has 0 amide bonds. The van der Waals surface area contributed by atoms with Crippen LogP contribution in [0.1, 0.15) is 15.9 Å². The van der Waals surface area contributed by atoms with E-state index in [2.05, 4.69) is 12.1 Å². The number of hydrogen-bond donors (Lipinski definition) is 0. The molecule has 0 bridgehead atoms. The van der Waals surface area contributed by atoms with Crippen molar-refractivity contribution in [2.75, 3.05) is 0 Å². The molecule has 0 aromatic heterocycles. The van der Waals surface area contributed by atoms with Crippen LogP contribution in [0.3, 0.4) is 0 Å². The van der Waals surface area contributed by atoms with Gasteiger partial charge in [-0.05, 0) is 24.3 Å². The molecule has 25 heavy (non-hydrogen) atoms. The average Bonchev–Trinajstić information content (AvgIpc) is 2.65. The van der Waals surface area contributed by atoms with Crippen molar-refractivity contribution in [3.05, 3.63) is 96.1 Å². The first-order valence-corrected chi connectivity index (χ1v) is 6.87. The van der Waals surface area contributed by atoms with Gasteiger partial charge >= 0.3 is 0 Å². The van der Waals surface area contributed by atoms with E-state index in [1.165, 1.54) is 0 Å². The van der Waals surface area contributed by atoms with Gasteiger partial charge < -0.3 is 9.53 Å². The van der Waals surface area contributed by atoms with Gasteiger partial charge in [0.25, 0.3) is 0 Å². The van der Waals surface area contributed by atoms with E-state index in [0.717, 1.165) is 5.75 Å². The molecular formula is C20H14O3W2-2. The molecule has 3 aromatic rings. The van der Waals surface area contributed by atoms with Crippen molar-refractivity contribution in [3.63, 3.8) is 0 Å². The normalized spacial score (nSPS) is 8.64. The second-order valence-electron chi connectivity index (χ2n) is 4.48. The van der Waals surface area contributed by atoms with E-state index < -0.39 is 0 Å². The molecule has 0 aliphatic carbocycles. The molecular weight excluding hydrogens is 656 g/mol. The zero-order chi connectivity index (χ0) is 16.5. The maximum atomic E-state index is 12.3. The second-order valence-corrected chi connectivity index (χ2v) is 4.48. The zero-order valence-corrected chi connectivity index (χ0v) is 19.0.